The second kappa shape index (κ2) is 11.0. The molecule has 1 unspecified atom stereocenters. The molecule has 7 heteroatoms. The van der Waals surface area contributed by atoms with Gasteiger partial charge in [-0.25, -0.2) is 4.99 Å². The van der Waals surface area contributed by atoms with Gasteiger partial charge in [-0.1, -0.05) is 12.1 Å². The van der Waals surface area contributed by atoms with Gasteiger partial charge in [0.25, 0.3) is 0 Å². The van der Waals surface area contributed by atoms with Crippen LogP contribution in [0.15, 0.2) is 47.7 Å². The first-order chi connectivity index (χ1) is 11.6. The topological polar surface area (TPSA) is 70.8 Å². The number of hydrogen-bond donors (Lipinski definition) is 3. The van der Waals surface area contributed by atoms with Gasteiger partial charge in [-0.2, -0.15) is 0 Å². The summed E-state index contributed by atoms with van der Waals surface area (Å²) in [6.45, 7) is 3.73. The molecule has 6 nitrogen and oxygen atoms in total. The summed E-state index contributed by atoms with van der Waals surface area (Å²) in [7, 11) is 3.60. The van der Waals surface area contributed by atoms with Crippen molar-refractivity contribution < 1.29 is 9.84 Å². The zero-order valence-corrected chi connectivity index (χ0v) is 17.2. The van der Waals surface area contributed by atoms with Crippen LogP contribution in [0.1, 0.15) is 24.2 Å². The van der Waals surface area contributed by atoms with Gasteiger partial charge in [0.15, 0.2) is 5.96 Å². The van der Waals surface area contributed by atoms with Crippen molar-refractivity contribution in [3.63, 3.8) is 0 Å². The Kier molecular flexibility index (Phi) is 9.36. The fourth-order valence-corrected chi connectivity index (χ4v) is 2.33. The molecule has 0 bridgehead atoms. The number of aliphatic hydroxyl groups excluding tert-OH is 1. The van der Waals surface area contributed by atoms with Crippen LogP contribution in [0, 0.1) is 0 Å². The number of methoxy groups -OCH3 is 1. The minimum absolute atomic E-state index is 0. The third-order valence-corrected chi connectivity index (χ3v) is 3.60. The van der Waals surface area contributed by atoms with Gasteiger partial charge in [-0.05, 0) is 36.2 Å². The molecular formula is C18H27IN4O2. The Balaban J connectivity index is 0.00000312. The average Bonchev–Trinajstić information content (AvgIpc) is 3.02. The van der Waals surface area contributed by atoms with E-state index in [0.29, 0.717) is 19.0 Å². The fraction of sp³-hybridized carbons (Fsp3) is 0.389. The van der Waals surface area contributed by atoms with E-state index in [9.17, 15) is 5.11 Å². The standard InChI is InChI=1S/C18H26N4O2.HI/c1-4-19-18(20-11-14-8-9-22(2)13-14)21-12-17(23)15-6-5-7-16(10-15)24-3;/h5-10,13,17,23H,4,11-12H2,1-3H3,(H2,19,20,21);1H. The van der Waals surface area contributed by atoms with E-state index in [0.717, 1.165) is 23.4 Å². The van der Waals surface area contributed by atoms with E-state index in [1.807, 2.05) is 61.3 Å². The van der Waals surface area contributed by atoms with Crippen LogP contribution < -0.4 is 15.4 Å². The maximum atomic E-state index is 10.3. The van der Waals surface area contributed by atoms with E-state index in [-0.39, 0.29) is 24.0 Å². The van der Waals surface area contributed by atoms with Gasteiger partial charge >= 0.3 is 0 Å². The molecule has 1 aromatic heterocycles. The molecule has 0 aliphatic rings. The summed E-state index contributed by atoms with van der Waals surface area (Å²) in [4.78, 5) is 4.54. The lowest BCUT2D eigenvalue weighted by Crippen LogP contribution is -2.39. The first kappa shape index (κ1) is 21.3. The lowest BCUT2D eigenvalue weighted by Gasteiger charge is -2.16. The van der Waals surface area contributed by atoms with Gasteiger partial charge in [0.1, 0.15) is 5.75 Å². The van der Waals surface area contributed by atoms with E-state index < -0.39 is 6.10 Å². The van der Waals surface area contributed by atoms with Gasteiger partial charge in [0.05, 0.1) is 19.8 Å². The van der Waals surface area contributed by atoms with Crippen LogP contribution in [0.2, 0.25) is 0 Å². The lowest BCUT2D eigenvalue weighted by molar-refractivity contribution is 0.180. The van der Waals surface area contributed by atoms with E-state index >= 15 is 0 Å². The predicted octanol–water partition coefficient (Wildman–Crippen LogP) is 2.44. The molecule has 0 amide bonds. The van der Waals surface area contributed by atoms with E-state index in [4.69, 9.17) is 4.74 Å². The maximum Gasteiger partial charge on any atom is 0.191 e. The van der Waals surface area contributed by atoms with Crippen molar-refractivity contribution in [3.05, 3.63) is 53.9 Å². The SMILES string of the molecule is CCNC(=NCc1ccn(C)c1)NCC(O)c1cccc(OC)c1.I. The van der Waals surface area contributed by atoms with Crippen molar-refractivity contribution in [1.82, 2.24) is 15.2 Å². The van der Waals surface area contributed by atoms with E-state index in [1.165, 1.54) is 0 Å². The van der Waals surface area contributed by atoms with Crippen LogP contribution in [0.5, 0.6) is 5.75 Å². The number of ether oxygens (including phenoxy) is 1. The van der Waals surface area contributed by atoms with Gasteiger partial charge in [0, 0.05) is 32.5 Å². The smallest absolute Gasteiger partial charge is 0.191 e. The molecule has 2 aromatic rings. The van der Waals surface area contributed by atoms with Crippen LogP contribution in [0.3, 0.4) is 0 Å². The summed E-state index contributed by atoms with van der Waals surface area (Å²) in [6, 6.07) is 9.47. The number of aliphatic imine (C=N–C) groups is 1. The Hall–Kier alpha value is -1.74. The Labute approximate surface area is 166 Å². The van der Waals surface area contributed by atoms with E-state index in [1.54, 1.807) is 7.11 Å². The van der Waals surface area contributed by atoms with Gasteiger partial charge in [0.2, 0.25) is 0 Å². The molecule has 25 heavy (non-hydrogen) atoms. The van der Waals surface area contributed by atoms with Gasteiger partial charge in [-0.15, -0.1) is 24.0 Å². The number of guanidine groups is 1. The Morgan fingerprint density at radius 3 is 2.76 bits per heavy atom. The fourth-order valence-electron chi connectivity index (χ4n) is 2.33. The van der Waals surface area contributed by atoms with Crippen LogP contribution in [-0.2, 0) is 13.6 Å². The van der Waals surface area contributed by atoms with Gasteiger partial charge in [-0.3, -0.25) is 0 Å². The van der Waals surface area contributed by atoms with E-state index in [2.05, 4.69) is 15.6 Å². The largest absolute Gasteiger partial charge is 0.497 e. The molecule has 0 saturated heterocycles. The minimum Gasteiger partial charge on any atom is -0.497 e. The number of aromatic nitrogens is 1. The van der Waals surface area contributed by atoms with Crippen LogP contribution in [0.25, 0.3) is 0 Å². The van der Waals surface area contributed by atoms with Crippen LogP contribution in [-0.4, -0.2) is 35.8 Å². The first-order valence-corrected chi connectivity index (χ1v) is 8.07. The summed E-state index contributed by atoms with van der Waals surface area (Å²) in [5.41, 5.74) is 1.95. The summed E-state index contributed by atoms with van der Waals surface area (Å²) >= 11 is 0. The quantitative estimate of drug-likeness (QED) is 0.339. The van der Waals surface area contributed by atoms with Crippen LogP contribution in [0.4, 0.5) is 0 Å². The van der Waals surface area contributed by atoms with Gasteiger partial charge < -0.3 is 25.0 Å². The van der Waals surface area contributed by atoms with Crippen molar-refractivity contribution in [1.29, 1.82) is 0 Å². The Morgan fingerprint density at radius 2 is 2.12 bits per heavy atom. The summed E-state index contributed by atoms with van der Waals surface area (Å²) in [6.07, 6.45) is 3.40. The molecule has 1 atom stereocenters. The highest BCUT2D eigenvalue weighted by Crippen LogP contribution is 2.18. The molecule has 2 rings (SSSR count). The Morgan fingerprint density at radius 1 is 1.32 bits per heavy atom. The molecule has 0 aliphatic carbocycles. The monoisotopic (exact) mass is 458 g/mol. The number of aliphatic hydroxyl groups is 1. The van der Waals surface area contributed by atoms with Crippen molar-refractivity contribution >= 4 is 29.9 Å². The molecule has 0 radical (unpaired) electrons. The van der Waals surface area contributed by atoms with Crippen molar-refractivity contribution in [2.45, 2.75) is 19.6 Å². The van der Waals surface area contributed by atoms with Crippen LogP contribution >= 0.6 is 24.0 Å². The van der Waals surface area contributed by atoms with Crippen molar-refractivity contribution in [2.24, 2.45) is 12.0 Å². The average molecular weight is 458 g/mol. The third-order valence-electron chi connectivity index (χ3n) is 3.60. The number of aryl methyl sites for hydroxylation is 1. The molecule has 1 aromatic carbocycles. The molecule has 138 valence electrons. The zero-order chi connectivity index (χ0) is 17.4. The molecule has 3 N–H and O–H groups in total. The number of benzene rings is 1. The molecule has 0 fully saturated rings. The summed E-state index contributed by atoms with van der Waals surface area (Å²) in [5.74, 6) is 1.42. The number of rotatable bonds is 7. The van der Waals surface area contributed by atoms with Crippen molar-refractivity contribution in [2.75, 3.05) is 20.2 Å². The maximum absolute atomic E-state index is 10.3. The highest BCUT2D eigenvalue weighted by Gasteiger charge is 2.09. The molecular weight excluding hydrogens is 431 g/mol. The third kappa shape index (κ3) is 6.95. The number of halogens is 1. The highest BCUT2D eigenvalue weighted by molar-refractivity contribution is 14.0. The lowest BCUT2D eigenvalue weighted by atomic mass is 10.1. The predicted molar refractivity (Wildman–Crippen MR) is 112 cm³/mol. The normalized spacial score (nSPS) is 12.2. The minimum atomic E-state index is -0.638. The second-order valence-corrected chi connectivity index (χ2v) is 5.55. The molecule has 0 spiro atoms. The highest BCUT2D eigenvalue weighted by atomic mass is 127. The summed E-state index contributed by atoms with van der Waals surface area (Å²) in [5, 5.41) is 16.7. The Bertz CT molecular complexity index is 673. The number of hydrogen-bond acceptors (Lipinski definition) is 3. The number of nitrogens with zero attached hydrogens (tertiary/aromatic N) is 2. The first-order valence-electron chi connectivity index (χ1n) is 8.07. The zero-order valence-electron chi connectivity index (χ0n) is 14.9. The number of nitrogens with one attached hydrogen (secondary N) is 2. The molecule has 0 aliphatic heterocycles. The molecule has 1 heterocycles. The summed E-state index contributed by atoms with van der Waals surface area (Å²) < 4.78 is 7.19. The second-order valence-electron chi connectivity index (χ2n) is 5.55. The molecule has 0 saturated carbocycles. The van der Waals surface area contributed by atoms with Crippen molar-refractivity contribution in [3.8, 4) is 5.75 Å².